The molecule has 0 amide bonds. The SMILES string of the molecule is O=C(c1ccccc1)C1NCCc2c1n(Cc1ccc(C(F)(F)F)cc1)c1ccccc21. The lowest BCUT2D eigenvalue weighted by atomic mass is 9.93. The van der Waals surface area contributed by atoms with E-state index in [0.717, 1.165) is 46.3 Å². The first kappa shape index (κ1) is 20.5. The number of alkyl halides is 3. The second-order valence-electron chi connectivity index (χ2n) is 8.03. The Balaban J connectivity index is 1.61. The number of carbonyl (C=O) groups excluding carboxylic acids is 1. The summed E-state index contributed by atoms with van der Waals surface area (Å²) in [5, 5.41) is 4.46. The second kappa shape index (κ2) is 7.95. The van der Waals surface area contributed by atoms with Crippen molar-refractivity contribution in [3.8, 4) is 0 Å². The minimum atomic E-state index is -4.37. The summed E-state index contributed by atoms with van der Waals surface area (Å²) in [6.07, 6.45) is -3.58. The third-order valence-corrected chi connectivity index (χ3v) is 6.06. The number of nitrogens with zero attached hydrogens (tertiary/aromatic N) is 1. The van der Waals surface area contributed by atoms with Gasteiger partial charge in [-0.1, -0.05) is 60.7 Å². The Morgan fingerprint density at radius 3 is 2.34 bits per heavy atom. The monoisotopic (exact) mass is 434 g/mol. The maximum Gasteiger partial charge on any atom is 0.416 e. The molecule has 1 aliphatic heterocycles. The molecule has 0 saturated carbocycles. The number of Topliss-reactive ketones (excluding diaryl/α,β-unsaturated/α-hetero) is 1. The zero-order valence-corrected chi connectivity index (χ0v) is 17.2. The van der Waals surface area contributed by atoms with Crippen molar-refractivity contribution in [2.45, 2.75) is 25.2 Å². The van der Waals surface area contributed by atoms with E-state index in [1.54, 1.807) is 12.1 Å². The van der Waals surface area contributed by atoms with Crippen LogP contribution in [0.4, 0.5) is 13.2 Å². The van der Waals surface area contributed by atoms with Crippen molar-refractivity contribution >= 4 is 16.7 Å². The molecule has 1 atom stereocenters. The van der Waals surface area contributed by atoms with Gasteiger partial charge in [0.25, 0.3) is 0 Å². The number of halogens is 3. The lowest BCUT2D eigenvalue weighted by Crippen LogP contribution is -2.36. The maximum absolute atomic E-state index is 13.4. The van der Waals surface area contributed by atoms with Gasteiger partial charge in [-0.3, -0.25) is 4.79 Å². The number of nitrogens with one attached hydrogen (secondary N) is 1. The minimum Gasteiger partial charge on any atom is -0.338 e. The summed E-state index contributed by atoms with van der Waals surface area (Å²) >= 11 is 0. The number of ketones is 1. The number of fused-ring (bicyclic) bond motifs is 3. The Morgan fingerprint density at radius 1 is 0.938 bits per heavy atom. The van der Waals surface area contributed by atoms with Gasteiger partial charge in [-0.25, -0.2) is 0 Å². The predicted octanol–water partition coefficient (Wildman–Crippen LogP) is 5.78. The van der Waals surface area contributed by atoms with Crippen molar-refractivity contribution < 1.29 is 18.0 Å². The van der Waals surface area contributed by atoms with Crippen molar-refractivity contribution in [3.63, 3.8) is 0 Å². The van der Waals surface area contributed by atoms with E-state index in [1.165, 1.54) is 12.1 Å². The molecule has 3 aromatic carbocycles. The fraction of sp³-hybridized carbons (Fsp3) is 0.192. The highest BCUT2D eigenvalue weighted by molar-refractivity contribution is 6.02. The van der Waals surface area contributed by atoms with E-state index in [-0.39, 0.29) is 5.78 Å². The molecule has 6 heteroatoms. The average molecular weight is 434 g/mol. The Labute approximate surface area is 183 Å². The van der Waals surface area contributed by atoms with Crippen LogP contribution in [0.5, 0.6) is 0 Å². The molecule has 0 radical (unpaired) electrons. The molecule has 2 heterocycles. The Morgan fingerprint density at radius 2 is 1.62 bits per heavy atom. The molecule has 1 N–H and O–H groups in total. The van der Waals surface area contributed by atoms with Crippen LogP contribution in [0, 0.1) is 0 Å². The van der Waals surface area contributed by atoms with Gasteiger partial charge >= 0.3 is 6.18 Å². The molecule has 0 spiro atoms. The zero-order chi connectivity index (χ0) is 22.3. The molecule has 1 aliphatic rings. The van der Waals surface area contributed by atoms with Gasteiger partial charge in [0.15, 0.2) is 5.78 Å². The normalized spacial score (nSPS) is 16.2. The Hall–Kier alpha value is -3.38. The van der Waals surface area contributed by atoms with Gasteiger partial charge in [0, 0.05) is 35.2 Å². The van der Waals surface area contributed by atoms with Gasteiger partial charge in [-0.05, 0) is 35.7 Å². The van der Waals surface area contributed by atoms with Gasteiger partial charge in [-0.15, -0.1) is 0 Å². The molecule has 0 aliphatic carbocycles. The standard InChI is InChI=1S/C26H21F3N2O/c27-26(28,29)19-12-10-17(11-13-19)16-31-22-9-5-4-8-20(22)21-14-15-30-23(24(21)31)25(32)18-6-2-1-3-7-18/h1-13,23,30H,14-16H2. The molecule has 162 valence electrons. The second-order valence-corrected chi connectivity index (χ2v) is 8.03. The van der Waals surface area contributed by atoms with Crippen molar-refractivity contribution in [2.24, 2.45) is 0 Å². The van der Waals surface area contributed by atoms with Crippen LogP contribution < -0.4 is 5.32 Å². The number of para-hydroxylation sites is 1. The van der Waals surface area contributed by atoms with E-state index in [9.17, 15) is 18.0 Å². The van der Waals surface area contributed by atoms with Crippen molar-refractivity contribution in [1.29, 1.82) is 0 Å². The summed E-state index contributed by atoms with van der Waals surface area (Å²) in [5.41, 5.74) is 3.71. The smallest absolute Gasteiger partial charge is 0.338 e. The first-order valence-electron chi connectivity index (χ1n) is 10.5. The summed E-state index contributed by atoms with van der Waals surface area (Å²) in [6, 6.07) is 21.9. The van der Waals surface area contributed by atoms with Crippen molar-refractivity contribution in [2.75, 3.05) is 6.54 Å². The molecular weight excluding hydrogens is 413 g/mol. The van der Waals surface area contributed by atoms with Gasteiger partial charge < -0.3 is 9.88 Å². The van der Waals surface area contributed by atoms with Gasteiger partial charge in [-0.2, -0.15) is 13.2 Å². The van der Waals surface area contributed by atoms with Gasteiger partial charge in [0.05, 0.1) is 5.56 Å². The quantitative estimate of drug-likeness (QED) is 0.413. The first-order chi connectivity index (χ1) is 15.4. The lowest BCUT2D eigenvalue weighted by molar-refractivity contribution is -0.137. The van der Waals surface area contributed by atoms with Gasteiger partial charge in [0.2, 0.25) is 0 Å². The lowest BCUT2D eigenvalue weighted by Gasteiger charge is -2.26. The van der Waals surface area contributed by atoms with E-state index in [4.69, 9.17) is 0 Å². The molecule has 4 aromatic rings. The van der Waals surface area contributed by atoms with Crippen LogP contribution in [0.25, 0.3) is 10.9 Å². The van der Waals surface area contributed by atoms with Crippen LogP contribution in [0.2, 0.25) is 0 Å². The van der Waals surface area contributed by atoms with Crippen LogP contribution in [-0.4, -0.2) is 16.9 Å². The van der Waals surface area contributed by atoms with E-state index in [1.807, 2.05) is 42.5 Å². The van der Waals surface area contributed by atoms with Crippen LogP contribution >= 0.6 is 0 Å². The number of hydrogen-bond acceptors (Lipinski definition) is 2. The summed E-state index contributed by atoms with van der Waals surface area (Å²) in [6.45, 7) is 1.07. The highest BCUT2D eigenvalue weighted by Crippen LogP contribution is 2.36. The molecule has 0 saturated heterocycles. The Bertz CT molecular complexity index is 1270. The largest absolute Gasteiger partial charge is 0.416 e. The van der Waals surface area contributed by atoms with Crippen LogP contribution in [0.3, 0.4) is 0 Å². The summed E-state index contributed by atoms with van der Waals surface area (Å²) in [4.78, 5) is 13.4. The third kappa shape index (κ3) is 3.60. The zero-order valence-electron chi connectivity index (χ0n) is 17.2. The summed E-state index contributed by atoms with van der Waals surface area (Å²) in [5.74, 6) is -0.0111. The fourth-order valence-corrected chi connectivity index (χ4v) is 4.56. The molecular formula is C26H21F3N2O. The average Bonchev–Trinajstić information content (AvgIpc) is 3.13. The molecule has 0 bridgehead atoms. The molecule has 1 unspecified atom stereocenters. The van der Waals surface area contributed by atoms with E-state index in [2.05, 4.69) is 9.88 Å². The summed E-state index contributed by atoms with van der Waals surface area (Å²) < 4.78 is 41.0. The van der Waals surface area contributed by atoms with Gasteiger partial charge in [0.1, 0.15) is 6.04 Å². The van der Waals surface area contributed by atoms with E-state index in [0.29, 0.717) is 18.7 Å². The highest BCUT2D eigenvalue weighted by Gasteiger charge is 2.33. The number of hydrogen-bond donors (Lipinski definition) is 1. The number of rotatable bonds is 4. The highest BCUT2D eigenvalue weighted by atomic mass is 19.4. The molecule has 0 fully saturated rings. The minimum absolute atomic E-state index is 0.0111. The van der Waals surface area contributed by atoms with Crippen molar-refractivity contribution in [3.05, 3.63) is 107 Å². The Kier molecular flexibility index (Phi) is 5.10. The molecule has 5 rings (SSSR count). The van der Waals surface area contributed by atoms with E-state index >= 15 is 0 Å². The molecule has 1 aromatic heterocycles. The topological polar surface area (TPSA) is 34.0 Å². The molecule has 3 nitrogen and oxygen atoms in total. The molecule has 32 heavy (non-hydrogen) atoms. The van der Waals surface area contributed by atoms with Crippen LogP contribution in [0.15, 0.2) is 78.9 Å². The summed E-state index contributed by atoms with van der Waals surface area (Å²) in [7, 11) is 0. The van der Waals surface area contributed by atoms with Crippen LogP contribution in [-0.2, 0) is 19.1 Å². The van der Waals surface area contributed by atoms with Crippen LogP contribution in [0.1, 0.15) is 38.8 Å². The third-order valence-electron chi connectivity index (χ3n) is 6.06. The number of carbonyl (C=O) groups is 1. The predicted molar refractivity (Wildman–Crippen MR) is 118 cm³/mol. The maximum atomic E-state index is 13.4. The van der Waals surface area contributed by atoms with E-state index < -0.39 is 17.8 Å². The fourth-order valence-electron chi connectivity index (χ4n) is 4.56. The number of benzene rings is 3. The first-order valence-corrected chi connectivity index (χ1v) is 10.5. The number of aromatic nitrogens is 1. The van der Waals surface area contributed by atoms with Crippen molar-refractivity contribution in [1.82, 2.24) is 9.88 Å².